The van der Waals surface area contributed by atoms with Gasteiger partial charge in [0, 0.05) is 40.9 Å². The van der Waals surface area contributed by atoms with E-state index in [1.807, 2.05) is 25.7 Å². The first-order chi connectivity index (χ1) is 16.6. The standard InChI is InChI=1S/C26H30F2N4O3/c1-26(2,3)35-25(34)31-14-16-13-18(9-10-21(16)29-31)32(17-7-8-17)24(33)20-5-4-6-22-19(20)11-12-30(22)15-23(27)28/h4-6,11-12,14,17-18,23H,7-10,13,15H2,1-3H3. The third-order valence-electron chi connectivity index (χ3n) is 6.57. The SMILES string of the molecule is CC(C)(C)OC(=O)n1cc2c(n1)CCC(N(C(=O)c1cccc3c1ccn3CC(F)F)C1CC1)C2. The van der Waals surface area contributed by atoms with Gasteiger partial charge in [-0.2, -0.15) is 9.78 Å². The molecule has 0 N–H and O–H groups in total. The molecule has 2 aliphatic rings. The number of ether oxygens (including phenoxy) is 1. The molecule has 2 aromatic heterocycles. The second-order valence-electron chi connectivity index (χ2n) is 10.5. The molecule has 1 atom stereocenters. The van der Waals surface area contributed by atoms with Gasteiger partial charge in [-0.1, -0.05) is 6.07 Å². The van der Waals surface area contributed by atoms with E-state index in [2.05, 4.69) is 5.10 Å². The predicted octanol–water partition coefficient (Wildman–Crippen LogP) is 5.05. The van der Waals surface area contributed by atoms with Crippen molar-refractivity contribution in [2.75, 3.05) is 0 Å². The Hall–Kier alpha value is -3.23. The lowest BCUT2D eigenvalue weighted by molar-refractivity contribution is 0.0513. The number of rotatable bonds is 5. The number of benzene rings is 1. The number of hydrogen-bond acceptors (Lipinski definition) is 4. The van der Waals surface area contributed by atoms with E-state index in [0.29, 0.717) is 29.3 Å². The number of hydrogen-bond donors (Lipinski definition) is 0. The van der Waals surface area contributed by atoms with Gasteiger partial charge in [-0.05, 0) is 76.6 Å². The zero-order valence-electron chi connectivity index (χ0n) is 20.2. The van der Waals surface area contributed by atoms with E-state index in [-0.39, 0.29) is 18.0 Å². The second kappa shape index (κ2) is 8.77. The molecule has 9 heteroatoms. The van der Waals surface area contributed by atoms with E-state index >= 15 is 0 Å². The molecule has 7 nitrogen and oxygen atoms in total. The van der Waals surface area contributed by atoms with Crippen molar-refractivity contribution in [3.05, 3.63) is 53.5 Å². The molecule has 0 bridgehead atoms. The normalized spacial score (nSPS) is 18.1. The summed E-state index contributed by atoms with van der Waals surface area (Å²) in [7, 11) is 0. The van der Waals surface area contributed by atoms with Crippen LogP contribution in [0.2, 0.25) is 0 Å². The van der Waals surface area contributed by atoms with Crippen LogP contribution in [-0.4, -0.2) is 55.4 Å². The highest BCUT2D eigenvalue weighted by Gasteiger charge is 2.40. The summed E-state index contributed by atoms with van der Waals surface area (Å²) in [6, 6.07) is 7.22. The van der Waals surface area contributed by atoms with E-state index in [0.717, 1.165) is 30.5 Å². The molecule has 1 unspecified atom stereocenters. The number of carbonyl (C=O) groups is 2. The topological polar surface area (TPSA) is 69.4 Å². The Morgan fingerprint density at radius 2 is 1.94 bits per heavy atom. The van der Waals surface area contributed by atoms with E-state index in [1.54, 1.807) is 36.7 Å². The molecule has 0 aliphatic heterocycles. The van der Waals surface area contributed by atoms with Crippen molar-refractivity contribution in [2.24, 2.45) is 0 Å². The molecular weight excluding hydrogens is 454 g/mol. The van der Waals surface area contributed by atoms with E-state index in [4.69, 9.17) is 4.74 Å². The maximum Gasteiger partial charge on any atom is 0.435 e. The largest absolute Gasteiger partial charge is 0.442 e. The minimum Gasteiger partial charge on any atom is -0.442 e. The summed E-state index contributed by atoms with van der Waals surface area (Å²) in [6.07, 6.45) is 4.30. The first-order valence-electron chi connectivity index (χ1n) is 12.1. The molecule has 1 amide bonds. The molecular formula is C26H30F2N4O3. The lowest BCUT2D eigenvalue weighted by atomic mass is 9.91. The van der Waals surface area contributed by atoms with Crippen LogP contribution in [0.5, 0.6) is 0 Å². The van der Waals surface area contributed by atoms with Gasteiger partial charge in [0.25, 0.3) is 12.3 Å². The molecule has 1 aromatic carbocycles. The number of aryl methyl sites for hydroxylation is 1. The maximum absolute atomic E-state index is 13.8. The first kappa shape index (κ1) is 23.5. The Labute approximate surface area is 202 Å². The third kappa shape index (κ3) is 4.81. The summed E-state index contributed by atoms with van der Waals surface area (Å²) in [5.74, 6) is -0.0686. The lowest BCUT2D eigenvalue weighted by Crippen LogP contribution is -2.44. The second-order valence-corrected chi connectivity index (χ2v) is 10.5. The molecule has 2 heterocycles. The minimum atomic E-state index is -2.47. The Bertz CT molecular complexity index is 1270. The molecule has 1 saturated carbocycles. The Morgan fingerprint density at radius 1 is 1.17 bits per heavy atom. The third-order valence-corrected chi connectivity index (χ3v) is 6.57. The Kier molecular flexibility index (Phi) is 5.89. The molecule has 0 radical (unpaired) electrons. The lowest BCUT2D eigenvalue weighted by Gasteiger charge is -2.34. The molecule has 186 valence electrons. The summed E-state index contributed by atoms with van der Waals surface area (Å²) in [5, 5.41) is 5.13. The minimum absolute atomic E-state index is 0.0165. The van der Waals surface area contributed by atoms with Gasteiger partial charge in [0.05, 0.1) is 12.2 Å². The van der Waals surface area contributed by atoms with Crippen molar-refractivity contribution in [3.63, 3.8) is 0 Å². The average Bonchev–Trinajstić information content (AvgIpc) is 3.38. The molecule has 1 fully saturated rings. The van der Waals surface area contributed by atoms with Crippen molar-refractivity contribution in [3.8, 4) is 0 Å². The van der Waals surface area contributed by atoms with Crippen LogP contribution in [0.1, 0.15) is 61.6 Å². The highest BCUT2D eigenvalue weighted by molar-refractivity contribution is 6.07. The van der Waals surface area contributed by atoms with Gasteiger partial charge in [0.1, 0.15) is 5.60 Å². The van der Waals surface area contributed by atoms with E-state index in [1.165, 1.54) is 9.25 Å². The molecule has 0 spiro atoms. The van der Waals surface area contributed by atoms with Crippen molar-refractivity contribution in [1.29, 1.82) is 0 Å². The van der Waals surface area contributed by atoms with Crippen molar-refractivity contribution in [2.45, 2.75) is 83.5 Å². The molecule has 3 aromatic rings. The summed E-state index contributed by atoms with van der Waals surface area (Å²) in [4.78, 5) is 28.3. The molecule has 0 saturated heterocycles. The summed E-state index contributed by atoms with van der Waals surface area (Å²) in [6.45, 7) is 5.03. The van der Waals surface area contributed by atoms with Crippen molar-refractivity contribution in [1.82, 2.24) is 19.2 Å². The van der Waals surface area contributed by atoms with Crippen LogP contribution in [0.25, 0.3) is 10.9 Å². The van der Waals surface area contributed by atoms with Crippen molar-refractivity contribution < 1.29 is 23.1 Å². The van der Waals surface area contributed by atoms with Gasteiger partial charge in [0.2, 0.25) is 0 Å². The van der Waals surface area contributed by atoms with Gasteiger partial charge >= 0.3 is 6.09 Å². The number of carbonyl (C=O) groups excluding carboxylic acids is 2. The predicted molar refractivity (Wildman–Crippen MR) is 127 cm³/mol. The summed E-state index contributed by atoms with van der Waals surface area (Å²) >= 11 is 0. The Balaban J connectivity index is 1.40. The van der Waals surface area contributed by atoms with Gasteiger partial charge in [-0.15, -0.1) is 0 Å². The molecule has 5 rings (SSSR count). The number of fused-ring (bicyclic) bond motifs is 2. The monoisotopic (exact) mass is 484 g/mol. The summed E-state index contributed by atoms with van der Waals surface area (Å²) < 4.78 is 34.2. The van der Waals surface area contributed by atoms with Gasteiger partial charge < -0.3 is 14.2 Å². The van der Waals surface area contributed by atoms with E-state index < -0.39 is 24.7 Å². The van der Waals surface area contributed by atoms with Crippen LogP contribution in [0.3, 0.4) is 0 Å². The molecule has 35 heavy (non-hydrogen) atoms. The van der Waals surface area contributed by atoms with Crippen LogP contribution in [0.15, 0.2) is 36.7 Å². The van der Waals surface area contributed by atoms with Gasteiger partial charge in [0.15, 0.2) is 0 Å². The number of alkyl halides is 2. The summed E-state index contributed by atoms with van der Waals surface area (Å²) in [5.41, 5.74) is 2.37. The van der Waals surface area contributed by atoms with Crippen LogP contribution in [0.4, 0.5) is 13.6 Å². The average molecular weight is 485 g/mol. The fraction of sp³-hybridized carbons (Fsp3) is 0.500. The number of halogens is 2. The number of nitrogens with zero attached hydrogens (tertiary/aromatic N) is 4. The maximum atomic E-state index is 13.8. The van der Waals surface area contributed by atoms with Crippen LogP contribution in [0, 0.1) is 0 Å². The van der Waals surface area contributed by atoms with Crippen LogP contribution in [-0.2, 0) is 24.1 Å². The quantitative estimate of drug-likeness (QED) is 0.508. The van der Waals surface area contributed by atoms with Crippen LogP contribution < -0.4 is 0 Å². The van der Waals surface area contributed by atoms with Crippen molar-refractivity contribution >= 4 is 22.9 Å². The van der Waals surface area contributed by atoms with Gasteiger partial charge in [-0.3, -0.25) is 4.79 Å². The fourth-order valence-corrected chi connectivity index (χ4v) is 4.96. The highest BCUT2D eigenvalue weighted by Crippen LogP contribution is 2.36. The zero-order valence-corrected chi connectivity index (χ0v) is 20.2. The Morgan fingerprint density at radius 3 is 2.63 bits per heavy atom. The first-order valence-corrected chi connectivity index (χ1v) is 12.1. The number of amides is 1. The fourth-order valence-electron chi connectivity index (χ4n) is 4.96. The van der Waals surface area contributed by atoms with Crippen LogP contribution >= 0.6 is 0 Å². The smallest absolute Gasteiger partial charge is 0.435 e. The highest BCUT2D eigenvalue weighted by atomic mass is 19.3. The van der Waals surface area contributed by atoms with Gasteiger partial charge in [-0.25, -0.2) is 13.6 Å². The molecule has 2 aliphatic carbocycles. The number of aromatic nitrogens is 3. The zero-order chi connectivity index (χ0) is 24.9. The van der Waals surface area contributed by atoms with E-state index in [9.17, 15) is 18.4 Å².